The number of aliphatic imine (C=N–C) groups is 1. The number of aliphatic hydroxyl groups excluding tert-OH is 1. The Morgan fingerprint density at radius 3 is 2.43 bits per heavy atom. The van der Waals surface area contributed by atoms with Gasteiger partial charge in [0.25, 0.3) is 0 Å². The minimum Gasteiger partial charge on any atom is -0.506 e. The van der Waals surface area contributed by atoms with Crippen molar-refractivity contribution >= 4 is 23.9 Å². The van der Waals surface area contributed by atoms with Crippen molar-refractivity contribution in [1.29, 1.82) is 0 Å². The fourth-order valence-corrected chi connectivity index (χ4v) is 1.42. The van der Waals surface area contributed by atoms with E-state index in [9.17, 15) is 14.7 Å². The second kappa shape index (κ2) is 7.84. The van der Waals surface area contributed by atoms with Crippen LogP contribution in [-0.2, 0) is 14.3 Å². The Hall–Kier alpha value is -2.63. The van der Waals surface area contributed by atoms with Gasteiger partial charge in [-0.2, -0.15) is 0 Å². The van der Waals surface area contributed by atoms with Crippen LogP contribution in [-0.4, -0.2) is 41.0 Å². The highest BCUT2D eigenvalue weighted by atomic mass is 16.5. The maximum Gasteiger partial charge on any atom is 0.343 e. The number of aliphatic carboxylic acids is 1. The normalized spacial score (nSPS) is 13.6. The highest BCUT2D eigenvalue weighted by molar-refractivity contribution is 6.15. The van der Waals surface area contributed by atoms with Crippen molar-refractivity contribution < 1.29 is 24.5 Å². The number of nitrogens with zero attached hydrogens (tertiary/aromatic N) is 1. The van der Waals surface area contributed by atoms with Crippen LogP contribution in [0.1, 0.15) is 19.4 Å². The first kappa shape index (κ1) is 16.4. The van der Waals surface area contributed by atoms with Crippen molar-refractivity contribution in [3.05, 3.63) is 41.5 Å². The van der Waals surface area contributed by atoms with E-state index in [1.807, 2.05) is 0 Å². The maximum absolute atomic E-state index is 11.9. The van der Waals surface area contributed by atoms with Gasteiger partial charge in [-0.1, -0.05) is 30.3 Å². The third-order valence-electron chi connectivity index (χ3n) is 2.58. The molecular weight excluding hydrogens is 274 g/mol. The summed E-state index contributed by atoms with van der Waals surface area (Å²) >= 11 is 0. The molecule has 0 saturated carbocycles. The smallest absolute Gasteiger partial charge is 0.343 e. The molecule has 0 saturated heterocycles. The number of aliphatic hydroxyl groups is 1. The van der Waals surface area contributed by atoms with Crippen LogP contribution in [0.25, 0.3) is 5.76 Å². The molecule has 0 amide bonds. The zero-order valence-electron chi connectivity index (χ0n) is 11.8. The summed E-state index contributed by atoms with van der Waals surface area (Å²) in [6, 6.07) is 7.36. The molecule has 1 rings (SSSR count). The third-order valence-corrected chi connectivity index (χ3v) is 2.58. The Kier molecular flexibility index (Phi) is 6.13. The van der Waals surface area contributed by atoms with E-state index >= 15 is 0 Å². The van der Waals surface area contributed by atoms with Crippen LogP contribution in [0.4, 0.5) is 0 Å². The molecule has 1 aromatic rings. The third kappa shape index (κ3) is 4.76. The Morgan fingerprint density at radius 1 is 1.29 bits per heavy atom. The van der Waals surface area contributed by atoms with E-state index in [1.54, 1.807) is 37.3 Å². The van der Waals surface area contributed by atoms with E-state index in [4.69, 9.17) is 9.84 Å². The molecular formula is C15H17NO5. The number of esters is 1. The monoisotopic (exact) mass is 291 g/mol. The van der Waals surface area contributed by atoms with E-state index in [1.165, 1.54) is 6.92 Å². The van der Waals surface area contributed by atoms with Gasteiger partial charge in [-0.3, -0.25) is 4.99 Å². The molecule has 6 heteroatoms. The van der Waals surface area contributed by atoms with Gasteiger partial charge in [0.15, 0.2) is 0 Å². The van der Waals surface area contributed by atoms with Crippen molar-refractivity contribution in [1.82, 2.24) is 0 Å². The standard InChI is InChI=1S/C15H17NO5/c1-3-21-15(20)12(9-16-10(2)14(18)19)13(17)11-7-5-4-6-8-11/h4-10,17H,3H2,1-2H3,(H,18,19)/b13-12-,16-9?. The lowest BCUT2D eigenvalue weighted by Gasteiger charge is -2.07. The van der Waals surface area contributed by atoms with Gasteiger partial charge in [0, 0.05) is 11.8 Å². The van der Waals surface area contributed by atoms with E-state index in [2.05, 4.69) is 4.99 Å². The van der Waals surface area contributed by atoms with Crippen molar-refractivity contribution in [3.63, 3.8) is 0 Å². The van der Waals surface area contributed by atoms with Gasteiger partial charge in [-0.15, -0.1) is 0 Å². The topological polar surface area (TPSA) is 96.2 Å². The summed E-state index contributed by atoms with van der Waals surface area (Å²) in [4.78, 5) is 26.3. The first-order valence-electron chi connectivity index (χ1n) is 6.39. The summed E-state index contributed by atoms with van der Waals surface area (Å²) in [5.74, 6) is -2.20. The Balaban J connectivity index is 3.19. The minimum atomic E-state index is -1.13. The number of carboxylic acids is 1. The van der Waals surface area contributed by atoms with Gasteiger partial charge >= 0.3 is 11.9 Å². The number of ether oxygens (including phenoxy) is 1. The molecule has 0 radical (unpaired) electrons. The molecule has 0 heterocycles. The van der Waals surface area contributed by atoms with Gasteiger partial charge < -0.3 is 14.9 Å². The molecule has 0 bridgehead atoms. The van der Waals surface area contributed by atoms with Crippen LogP contribution in [0, 0.1) is 0 Å². The van der Waals surface area contributed by atoms with Crippen molar-refractivity contribution in [2.45, 2.75) is 19.9 Å². The number of rotatable bonds is 6. The molecule has 2 N–H and O–H groups in total. The number of benzene rings is 1. The number of hydrogen-bond acceptors (Lipinski definition) is 5. The Bertz CT molecular complexity index is 563. The van der Waals surface area contributed by atoms with E-state index in [0.717, 1.165) is 6.21 Å². The maximum atomic E-state index is 11.9. The van der Waals surface area contributed by atoms with Crippen LogP contribution in [0.5, 0.6) is 0 Å². The van der Waals surface area contributed by atoms with Crippen molar-refractivity contribution in [3.8, 4) is 0 Å². The van der Waals surface area contributed by atoms with E-state index in [0.29, 0.717) is 5.56 Å². The highest BCUT2D eigenvalue weighted by Crippen LogP contribution is 2.16. The first-order valence-corrected chi connectivity index (χ1v) is 6.39. The average molecular weight is 291 g/mol. The largest absolute Gasteiger partial charge is 0.506 e. The summed E-state index contributed by atoms with van der Waals surface area (Å²) in [6.45, 7) is 3.13. The van der Waals surface area contributed by atoms with Gasteiger partial charge in [0.05, 0.1) is 6.61 Å². The SMILES string of the molecule is CCOC(=O)/C(C=NC(C)C(=O)O)=C(\O)c1ccccc1. The molecule has 6 nitrogen and oxygen atoms in total. The Labute approximate surface area is 122 Å². The van der Waals surface area contributed by atoms with Crippen LogP contribution >= 0.6 is 0 Å². The highest BCUT2D eigenvalue weighted by Gasteiger charge is 2.17. The number of carboxylic acid groups (broad SMARTS) is 1. The molecule has 0 aliphatic carbocycles. The van der Waals surface area contributed by atoms with Crippen molar-refractivity contribution in [2.75, 3.05) is 6.61 Å². The molecule has 1 unspecified atom stereocenters. The lowest BCUT2D eigenvalue weighted by Crippen LogP contribution is -2.16. The van der Waals surface area contributed by atoms with Crippen LogP contribution < -0.4 is 0 Å². The second-order valence-corrected chi connectivity index (χ2v) is 4.14. The van der Waals surface area contributed by atoms with Gasteiger partial charge in [0.1, 0.15) is 17.4 Å². The molecule has 0 aliphatic heterocycles. The summed E-state index contributed by atoms with van der Waals surface area (Å²) in [7, 11) is 0. The number of carbonyl (C=O) groups excluding carboxylic acids is 1. The summed E-state index contributed by atoms with van der Waals surface area (Å²) in [5.41, 5.74) is 0.228. The van der Waals surface area contributed by atoms with Crippen LogP contribution in [0.3, 0.4) is 0 Å². The molecule has 1 aromatic carbocycles. The molecule has 21 heavy (non-hydrogen) atoms. The number of carbonyl (C=O) groups is 2. The zero-order chi connectivity index (χ0) is 15.8. The zero-order valence-corrected chi connectivity index (χ0v) is 11.8. The fraction of sp³-hybridized carbons (Fsp3) is 0.267. The lowest BCUT2D eigenvalue weighted by atomic mass is 10.1. The molecule has 0 aliphatic rings. The van der Waals surface area contributed by atoms with Gasteiger partial charge in [0.2, 0.25) is 0 Å². The summed E-state index contributed by atoms with van der Waals surface area (Å²) in [6.07, 6.45) is 1.03. The lowest BCUT2D eigenvalue weighted by molar-refractivity contribution is -0.139. The molecule has 0 fully saturated rings. The summed E-state index contributed by atoms with van der Waals surface area (Å²) in [5, 5.41) is 19.0. The summed E-state index contributed by atoms with van der Waals surface area (Å²) < 4.78 is 4.84. The molecule has 112 valence electrons. The predicted octanol–water partition coefficient (Wildman–Crippen LogP) is 2.06. The molecule has 0 spiro atoms. The van der Waals surface area contributed by atoms with Crippen molar-refractivity contribution in [2.24, 2.45) is 4.99 Å². The van der Waals surface area contributed by atoms with E-state index < -0.39 is 18.0 Å². The quantitative estimate of drug-likeness (QED) is 0.362. The number of hydrogen-bond donors (Lipinski definition) is 2. The van der Waals surface area contributed by atoms with E-state index in [-0.39, 0.29) is 17.9 Å². The predicted molar refractivity (Wildman–Crippen MR) is 78.2 cm³/mol. The second-order valence-electron chi connectivity index (χ2n) is 4.14. The minimum absolute atomic E-state index is 0.132. The van der Waals surface area contributed by atoms with Crippen LogP contribution in [0.15, 0.2) is 40.9 Å². The average Bonchev–Trinajstić information content (AvgIpc) is 2.48. The van der Waals surface area contributed by atoms with Gasteiger partial charge in [-0.25, -0.2) is 9.59 Å². The molecule has 0 aromatic heterocycles. The van der Waals surface area contributed by atoms with Gasteiger partial charge in [-0.05, 0) is 13.8 Å². The fourth-order valence-electron chi connectivity index (χ4n) is 1.42. The first-order chi connectivity index (χ1) is 9.97. The molecule has 1 atom stereocenters. The van der Waals surface area contributed by atoms with Crippen LogP contribution in [0.2, 0.25) is 0 Å². The Morgan fingerprint density at radius 2 is 1.90 bits per heavy atom.